The zero-order valence-corrected chi connectivity index (χ0v) is 62.7. The number of rotatable bonds is 34. The van der Waals surface area contributed by atoms with Crippen molar-refractivity contribution in [3.05, 3.63) is 131 Å². The first-order valence-electron chi connectivity index (χ1n) is 36.8. The van der Waals surface area contributed by atoms with Gasteiger partial charge >= 0.3 is 18.1 Å². The van der Waals surface area contributed by atoms with Crippen LogP contribution in [-0.4, -0.2) is 182 Å². The number of thiazole rings is 1. The van der Waals surface area contributed by atoms with Crippen molar-refractivity contribution in [1.29, 1.82) is 0 Å². The number of hydrogen-bond acceptors (Lipinski definition) is 19. The number of urea groups is 1. The number of aromatic nitrogens is 4. The number of carboxylic acids is 1. The fourth-order valence-electron chi connectivity index (χ4n) is 18.0. The van der Waals surface area contributed by atoms with E-state index in [2.05, 4.69) is 40.1 Å². The number of likely N-dealkylation sites (tertiary alicyclic amines) is 1. The van der Waals surface area contributed by atoms with Crippen molar-refractivity contribution in [3.63, 3.8) is 0 Å². The van der Waals surface area contributed by atoms with Crippen LogP contribution in [0.3, 0.4) is 0 Å². The van der Waals surface area contributed by atoms with Crippen LogP contribution < -0.4 is 31.9 Å². The molecule has 1 saturated heterocycles. The van der Waals surface area contributed by atoms with Crippen molar-refractivity contribution in [2.45, 2.75) is 162 Å². The first kappa shape index (κ1) is 77.1. The lowest BCUT2D eigenvalue weighted by molar-refractivity contribution is -0.249. The molecule has 28 nitrogen and oxygen atoms in total. The maximum atomic E-state index is 13.9. The highest BCUT2D eigenvalue weighted by molar-refractivity contribution is 7.85. The molecule has 3 aliphatic heterocycles. The molecule has 107 heavy (non-hydrogen) atoms. The van der Waals surface area contributed by atoms with Gasteiger partial charge in [0.1, 0.15) is 12.4 Å². The van der Waals surface area contributed by atoms with E-state index in [4.69, 9.17) is 25.3 Å². The number of amides is 8. The van der Waals surface area contributed by atoms with Crippen LogP contribution in [0.15, 0.2) is 97.2 Å². The first-order valence-corrected chi connectivity index (χ1v) is 39.2. The lowest BCUT2D eigenvalue weighted by Crippen LogP contribution is -2.65. The van der Waals surface area contributed by atoms with Crippen molar-refractivity contribution >= 4 is 102 Å². The molecule has 4 atom stereocenters. The molecule has 4 aliphatic carbocycles. The highest BCUT2D eigenvalue weighted by Crippen LogP contribution is 2.72. The standard InChI is InChI=1S/C77H95N13O15S2/c1-48(2)66(84-63(92)18-7-6-10-29-89-64(93)25-26-65(89)94)60(91)35-52(14-12-28-79-71(78)99)68(95)81-53-21-19-50(20-22-53)40-104-73(100)88-37-54(38-88)86(32-34-107(101,102)103)31-33-105-77-44-74(4)41-75(5,45-77)43-76(42-74,46-77)47-90-49(3)57(36-80-90)55-23-24-62(83-67(55)70(97)98)87-30-27-51-13-11-15-56(58(51)39-87)69(96)85-72-82-59-16-8-9-17-61(59)106-72/h8-9,11,13,15-17,19-26,36,48,52,54,66H,6-7,10,12,14,18,27-35,37-47H2,1-5H3,(H,81,95)(H,84,92)(H,97,98)(H3,78,79,99)(H,82,85,96)(H,101,102,103)/t52-,66+,74?,75?,76?,77?/m1/s1. The highest BCUT2D eigenvalue weighted by atomic mass is 32.2. The molecule has 30 heteroatoms. The zero-order valence-electron chi connectivity index (χ0n) is 61.1. The van der Waals surface area contributed by atoms with Crippen LogP contribution in [-0.2, 0) is 69.7 Å². The second kappa shape index (κ2) is 32.1. The van der Waals surface area contributed by atoms with Gasteiger partial charge < -0.3 is 46.1 Å². The van der Waals surface area contributed by atoms with E-state index in [1.165, 1.54) is 28.4 Å². The molecule has 5 fully saturated rings. The summed E-state index contributed by atoms with van der Waals surface area (Å²) in [6.45, 7) is 13.1. The number of ether oxygens (including phenoxy) is 2. The molecule has 4 bridgehead atoms. The number of benzene rings is 3. The van der Waals surface area contributed by atoms with Gasteiger partial charge in [-0.2, -0.15) is 13.5 Å². The zero-order chi connectivity index (χ0) is 76.2. The van der Waals surface area contributed by atoms with Gasteiger partial charge in [-0.05, 0) is 159 Å². The third kappa shape index (κ3) is 18.6. The van der Waals surface area contributed by atoms with E-state index in [1.54, 1.807) is 56.4 Å². The number of primary amides is 1. The number of hydrogen-bond donors (Lipinski definition) is 7. The van der Waals surface area contributed by atoms with Crippen LogP contribution in [0.4, 0.5) is 26.2 Å². The Kier molecular flexibility index (Phi) is 23.2. The first-order chi connectivity index (χ1) is 50.9. The Labute approximate surface area is 625 Å². The molecule has 13 rings (SSSR count). The van der Waals surface area contributed by atoms with E-state index in [0.29, 0.717) is 97.2 Å². The van der Waals surface area contributed by atoms with Crippen LogP contribution in [0.25, 0.3) is 21.3 Å². The summed E-state index contributed by atoms with van der Waals surface area (Å²) in [5.41, 5.74) is 10.5. The second-order valence-corrected chi connectivity index (χ2v) is 33.7. The van der Waals surface area contributed by atoms with Crippen LogP contribution in [0.2, 0.25) is 0 Å². The Morgan fingerprint density at radius 2 is 1.57 bits per heavy atom. The monoisotopic (exact) mass is 1510 g/mol. The van der Waals surface area contributed by atoms with Gasteiger partial charge in [0.05, 0.1) is 40.4 Å². The van der Waals surface area contributed by atoms with Gasteiger partial charge in [0.25, 0.3) is 27.8 Å². The smallest absolute Gasteiger partial charge is 0.410 e. The molecule has 6 heterocycles. The van der Waals surface area contributed by atoms with Gasteiger partial charge in [-0.3, -0.25) is 53.1 Å². The number of unbranched alkanes of at least 4 members (excludes halogenated alkanes) is 2. The van der Waals surface area contributed by atoms with Gasteiger partial charge in [0.2, 0.25) is 11.8 Å². The summed E-state index contributed by atoms with van der Waals surface area (Å²) in [5.74, 6) is -4.50. The summed E-state index contributed by atoms with van der Waals surface area (Å²) in [4.78, 5) is 133. The molecule has 6 aromatic rings. The third-order valence-electron chi connectivity index (χ3n) is 22.0. The molecule has 3 aromatic carbocycles. The number of para-hydroxylation sites is 1. The predicted octanol–water partition coefficient (Wildman–Crippen LogP) is 9.31. The molecule has 3 aromatic heterocycles. The SMILES string of the molecule is Cc1c(-c2ccc(N3CCc4cccc(C(=O)Nc5nc6ccccc6s5)c4C3)nc2C(=O)O)cnn1CC12CC3(C)CC(C)(C1)CC(OCCN(CCS(=O)(=O)O)C1CN(C(=O)OCc4ccc(NC(=O)[C@H](CCCNC(N)=O)CC(=O)[C@@H](NC(=O)CCCCCN5C(=O)C=CC5=O)C(C)C)cc4)C1)(C3)C2. The number of anilines is 3. The second-order valence-electron chi connectivity index (χ2n) is 31.1. The number of nitrogens with two attached hydrogens (primary N) is 1. The quantitative estimate of drug-likeness (QED) is 0.0112. The number of fused-ring (bicyclic) bond motifs is 2. The number of Topliss-reactive ketones (excluding diaryl/α,β-unsaturated/α-hetero) is 1. The number of nitrogens with zero attached hydrogens (tertiary/aromatic N) is 8. The van der Waals surface area contributed by atoms with Crippen LogP contribution >= 0.6 is 11.3 Å². The molecule has 8 N–H and O–H groups in total. The average Bonchev–Trinajstić information content (AvgIpc) is 1.03. The van der Waals surface area contributed by atoms with Gasteiger partial charge in [-0.1, -0.05) is 81.9 Å². The summed E-state index contributed by atoms with van der Waals surface area (Å²) in [6.07, 6.45) is 11.6. The highest BCUT2D eigenvalue weighted by Gasteiger charge is 2.66. The number of carbonyl (C=O) groups is 9. The van der Waals surface area contributed by atoms with Gasteiger partial charge in [0.15, 0.2) is 16.6 Å². The summed E-state index contributed by atoms with van der Waals surface area (Å²) in [7, 11) is -4.35. The molecule has 8 amide bonds. The van der Waals surface area contributed by atoms with Crippen molar-refractivity contribution in [1.82, 2.24) is 45.1 Å². The number of pyridine rings is 1. The van der Waals surface area contributed by atoms with E-state index in [9.17, 15) is 61.2 Å². The van der Waals surface area contributed by atoms with Crippen molar-refractivity contribution in [2.75, 3.05) is 73.7 Å². The van der Waals surface area contributed by atoms with Crippen LogP contribution in [0.5, 0.6) is 0 Å². The Morgan fingerprint density at radius 1 is 0.832 bits per heavy atom. The number of imide groups is 1. The number of carboxylic acid groups (broad SMARTS) is 1. The molecular formula is C77H95N13O15S2. The van der Waals surface area contributed by atoms with Crippen molar-refractivity contribution in [2.24, 2.45) is 33.8 Å². The Balaban J connectivity index is 0.629. The number of aromatic carboxylic acids is 1. The van der Waals surface area contributed by atoms with Crippen LogP contribution in [0, 0.1) is 35.0 Å². The normalized spacial score (nSPS) is 21.6. The largest absolute Gasteiger partial charge is 0.476 e. The summed E-state index contributed by atoms with van der Waals surface area (Å²) in [6, 6.07) is 21.8. The number of ketones is 1. The molecular weight excluding hydrogens is 1410 g/mol. The maximum Gasteiger partial charge on any atom is 0.410 e. The van der Waals surface area contributed by atoms with Gasteiger partial charge in [-0.25, -0.2) is 24.4 Å². The van der Waals surface area contributed by atoms with Crippen molar-refractivity contribution in [3.8, 4) is 11.1 Å². The average molecular weight is 1510 g/mol. The fraction of sp³-hybridized carbons (Fsp3) is 0.506. The van der Waals surface area contributed by atoms with E-state index < -0.39 is 57.4 Å². The van der Waals surface area contributed by atoms with Gasteiger partial charge in [0, 0.05) is 124 Å². The van der Waals surface area contributed by atoms with E-state index in [-0.39, 0.29) is 129 Å². The minimum absolute atomic E-state index is 0.00607. The minimum atomic E-state index is -4.35. The molecule has 0 spiro atoms. The van der Waals surface area contributed by atoms with Crippen LogP contribution in [0.1, 0.15) is 154 Å². The summed E-state index contributed by atoms with van der Waals surface area (Å²) < 4.78 is 50.2. The third-order valence-corrected chi connectivity index (χ3v) is 23.6. The van der Waals surface area contributed by atoms with Crippen molar-refractivity contribution < 1.29 is 70.7 Å². The lowest BCUT2D eigenvalue weighted by atomic mass is 9.39. The predicted molar refractivity (Wildman–Crippen MR) is 401 cm³/mol. The van der Waals surface area contributed by atoms with E-state index >= 15 is 0 Å². The topological polar surface area (TPSA) is 377 Å². The van der Waals surface area contributed by atoms with E-state index in [1.807, 2.05) is 63.9 Å². The summed E-state index contributed by atoms with van der Waals surface area (Å²) in [5, 5.41) is 27.4. The van der Waals surface area contributed by atoms with Gasteiger partial charge in [-0.15, -0.1) is 0 Å². The number of nitrogens with one attached hydrogen (secondary N) is 4. The lowest BCUT2D eigenvalue weighted by Gasteiger charge is -2.69. The minimum Gasteiger partial charge on any atom is -0.476 e. The Hall–Kier alpha value is -9.49. The maximum absolute atomic E-state index is 13.9. The number of carbonyl (C=O) groups excluding carboxylic acids is 8. The molecule has 2 unspecified atom stereocenters. The Morgan fingerprint density at radius 3 is 2.27 bits per heavy atom. The molecule has 570 valence electrons. The fourth-order valence-corrected chi connectivity index (χ4v) is 19.3. The Bertz CT molecular complexity index is 4480. The molecule has 4 saturated carbocycles. The van der Waals surface area contributed by atoms with E-state index in [0.717, 1.165) is 70.5 Å². The molecule has 7 aliphatic rings. The molecule has 0 radical (unpaired) electrons. The summed E-state index contributed by atoms with van der Waals surface area (Å²) >= 11 is 1.41.